The third-order valence-corrected chi connectivity index (χ3v) is 2.21. The van der Waals surface area contributed by atoms with Gasteiger partial charge in [0, 0.05) is 23.5 Å². The number of hydrogen-bond acceptors (Lipinski definition) is 6. The first kappa shape index (κ1) is 15.7. The molecule has 0 spiro atoms. The number of hydrogen-bond donors (Lipinski definition) is 1. The van der Waals surface area contributed by atoms with Gasteiger partial charge in [-0.25, -0.2) is 4.21 Å². The van der Waals surface area contributed by atoms with E-state index in [9.17, 15) is 0 Å². The standard InChI is InChI=1S/C12H10N3.H2O4S/c13-15-12-8-6-11(7-9-12)14-10-4-2-1-3-5-10;1-4-5(2)3/h1-9,14H;1H,(H,2,3)/q+1;/p-2. The second-order valence-corrected chi connectivity index (χ2v) is 3.95. The molecule has 0 aliphatic carbocycles. The molecule has 0 aromatic heterocycles. The van der Waals surface area contributed by atoms with E-state index >= 15 is 0 Å². The number of diazo groups is 1. The summed E-state index contributed by atoms with van der Waals surface area (Å²) in [5.41, 5.74) is 2.55. The molecular weight excluding hydrogens is 282 g/mol. The van der Waals surface area contributed by atoms with Crippen molar-refractivity contribution in [3.05, 3.63) is 59.6 Å². The smallest absolute Gasteiger partial charge is 0.385 e. The molecule has 0 saturated heterocycles. The van der Waals surface area contributed by atoms with E-state index in [0.29, 0.717) is 5.69 Å². The van der Waals surface area contributed by atoms with Crippen molar-refractivity contribution in [2.45, 2.75) is 0 Å². The summed E-state index contributed by atoms with van der Waals surface area (Å²) in [6.45, 7) is 0. The van der Waals surface area contributed by atoms with Gasteiger partial charge in [-0.05, 0) is 24.3 Å². The van der Waals surface area contributed by atoms with Crippen LogP contribution in [0.15, 0.2) is 54.6 Å². The summed E-state index contributed by atoms with van der Waals surface area (Å²) in [6.07, 6.45) is 0. The van der Waals surface area contributed by atoms with Crippen LogP contribution in [0.1, 0.15) is 0 Å². The van der Waals surface area contributed by atoms with Gasteiger partial charge in [0.05, 0.1) is 11.4 Å². The maximum atomic E-state index is 8.83. The normalized spacial score (nSPS) is 10.7. The summed E-state index contributed by atoms with van der Waals surface area (Å²) >= 11 is -2.88. The molecule has 8 heteroatoms. The topological polar surface area (TPSA) is 113 Å². The summed E-state index contributed by atoms with van der Waals surface area (Å²) in [6, 6.07) is 17.1. The maximum absolute atomic E-state index is 8.83. The van der Waals surface area contributed by atoms with Crippen molar-refractivity contribution in [2.75, 3.05) is 5.32 Å². The van der Waals surface area contributed by atoms with Crippen LogP contribution in [0, 0.1) is 5.39 Å². The number of nitrogens with zero attached hydrogens (tertiary/aromatic N) is 2. The first-order chi connectivity index (χ1) is 9.65. The van der Waals surface area contributed by atoms with Crippen molar-refractivity contribution in [2.24, 2.45) is 0 Å². The molecule has 1 atom stereocenters. The molecular formula is C12H10N3O4S-. The van der Waals surface area contributed by atoms with E-state index in [0.717, 1.165) is 11.4 Å². The zero-order valence-corrected chi connectivity index (χ0v) is 10.9. The maximum Gasteiger partial charge on any atom is 0.385 e. The zero-order valence-electron chi connectivity index (χ0n) is 10.1. The number of benzene rings is 2. The average molecular weight is 292 g/mol. The quantitative estimate of drug-likeness (QED) is 0.400. The first-order valence-corrected chi connectivity index (χ1v) is 6.32. The Labute approximate surface area is 117 Å². The van der Waals surface area contributed by atoms with Gasteiger partial charge in [0.2, 0.25) is 5.39 Å². The lowest BCUT2D eigenvalue weighted by Crippen LogP contribution is -2.06. The minimum Gasteiger partial charge on any atom is -0.750 e. The monoisotopic (exact) mass is 292 g/mol. The minimum absolute atomic E-state index is 0.550. The van der Waals surface area contributed by atoms with Gasteiger partial charge in [0.25, 0.3) is 0 Å². The van der Waals surface area contributed by atoms with E-state index in [4.69, 9.17) is 19.4 Å². The lowest BCUT2D eigenvalue weighted by Gasteiger charge is -2.05. The van der Waals surface area contributed by atoms with Crippen LogP contribution in [0.5, 0.6) is 0 Å². The van der Waals surface area contributed by atoms with Crippen molar-refractivity contribution in [1.29, 1.82) is 5.39 Å². The first-order valence-electron chi connectivity index (χ1n) is 5.32. The molecule has 2 aromatic rings. The molecule has 20 heavy (non-hydrogen) atoms. The zero-order chi connectivity index (χ0) is 14.8. The van der Waals surface area contributed by atoms with E-state index in [2.05, 4.69) is 14.6 Å². The molecule has 104 valence electrons. The Bertz CT molecular complexity index is 584. The number of anilines is 2. The Hall–Kier alpha value is -2.31. The summed E-state index contributed by atoms with van der Waals surface area (Å²) < 4.78 is 20.1. The van der Waals surface area contributed by atoms with Gasteiger partial charge in [-0.15, -0.1) is 0 Å². The number of para-hydroxylation sites is 1. The van der Waals surface area contributed by atoms with Crippen LogP contribution in [0.25, 0.3) is 4.98 Å². The minimum atomic E-state index is -2.88. The van der Waals surface area contributed by atoms with Crippen LogP contribution >= 0.6 is 0 Å². The van der Waals surface area contributed by atoms with Gasteiger partial charge in [0.15, 0.2) is 4.98 Å². The van der Waals surface area contributed by atoms with Gasteiger partial charge in [-0.1, -0.05) is 18.2 Å². The van der Waals surface area contributed by atoms with E-state index in [1.807, 2.05) is 42.5 Å². The lowest BCUT2D eigenvalue weighted by atomic mass is 10.2. The van der Waals surface area contributed by atoms with E-state index in [1.165, 1.54) is 0 Å². The molecule has 2 aromatic carbocycles. The molecule has 0 fully saturated rings. The number of rotatable bonds is 3. The van der Waals surface area contributed by atoms with Gasteiger partial charge < -0.3 is 19.5 Å². The lowest BCUT2D eigenvalue weighted by molar-refractivity contribution is -0.635. The highest BCUT2D eigenvalue weighted by Crippen LogP contribution is 2.19. The van der Waals surface area contributed by atoms with Crippen LogP contribution in [0.2, 0.25) is 0 Å². The van der Waals surface area contributed by atoms with E-state index in [-0.39, 0.29) is 0 Å². The number of nitrogens with one attached hydrogen (secondary N) is 1. The van der Waals surface area contributed by atoms with Crippen LogP contribution in [0.4, 0.5) is 17.1 Å². The molecule has 2 rings (SSSR count). The van der Waals surface area contributed by atoms with Gasteiger partial charge in [0.1, 0.15) is 0 Å². The van der Waals surface area contributed by atoms with Crippen molar-refractivity contribution >= 4 is 28.4 Å². The molecule has 0 aliphatic rings. The molecule has 0 radical (unpaired) electrons. The molecule has 1 N–H and O–H groups in total. The fourth-order valence-corrected chi connectivity index (χ4v) is 1.30. The van der Waals surface area contributed by atoms with Crippen molar-refractivity contribution < 1.29 is 18.4 Å². The van der Waals surface area contributed by atoms with Crippen LogP contribution in [0.3, 0.4) is 0 Å². The molecule has 7 nitrogen and oxygen atoms in total. The molecule has 0 heterocycles. The Kier molecular flexibility index (Phi) is 6.88. The summed E-state index contributed by atoms with van der Waals surface area (Å²) in [4.78, 5) is 3.09. The second kappa shape index (κ2) is 8.73. The molecule has 0 saturated carbocycles. The van der Waals surface area contributed by atoms with Gasteiger partial charge in [-0.3, -0.25) is 0 Å². The Morgan fingerprint density at radius 3 is 2.00 bits per heavy atom. The van der Waals surface area contributed by atoms with Gasteiger partial charge in [-0.2, -0.15) is 0 Å². The molecule has 1 unspecified atom stereocenters. The summed E-state index contributed by atoms with van der Waals surface area (Å²) in [5, 5.41) is 20.3. The van der Waals surface area contributed by atoms with Crippen molar-refractivity contribution in [3.8, 4) is 0 Å². The van der Waals surface area contributed by atoms with Gasteiger partial charge >= 0.3 is 5.69 Å². The largest absolute Gasteiger partial charge is 0.750 e. The SMILES string of the molecule is N#[N+]c1ccc(Nc2ccccc2)cc1.O=S([O-])O[O-]. The summed E-state index contributed by atoms with van der Waals surface area (Å²) in [7, 11) is 0. The third-order valence-electron chi connectivity index (χ3n) is 2.10. The Morgan fingerprint density at radius 1 is 1.05 bits per heavy atom. The van der Waals surface area contributed by atoms with E-state index < -0.39 is 11.4 Å². The highest BCUT2D eigenvalue weighted by molar-refractivity contribution is 7.73. The fourth-order valence-electron chi connectivity index (χ4n) is 1.30. The Morgan fingerprint density at radius 2 is 1.55 bits per heavy atom. The Balaban J connectivity index is 0.000000347. The van der Waals surface area contributed by atoms with Crippen LogP contribution in [-0.2, 0) is 15.7 Å². The van der Waals surface area contributed by atoms with Crippen LogP contribution < -0.4 is 10.6 Å². The molecule has 0 bridgehead atoms. The fraction of sp³-hybridized carbons (Fsp3) is 0. The predicted molar refractivity (Wildman–Crippen MR) is 70.9 cm³/mol. The molecule has 0 aliphatic heterocycles. The second-order valence-electron chi connectivity index (χ2n) is 3.41. The highest BCUT2D eigenvalue weighted by atomic mass is 32.2. The summed E-state index contributed by atoms with van der Waals surface area (Å²) in [5.74, 6) is 0. The third kappa shape index (κ3) is 6.03. The van der Waals surface area contributed by atoms with E-state index in [1.54, 1.807) is 12.1 Å². The predicted octanol–water partition coefficient (Wildman–Crippen LogP) is 1.99. The highest BCUT2D eigenvalue weighted by Gasteiger charge is 2.02. The molecule has 0 amide bonds. The van der Waals surface area contributed by atoms with Crippen LogP contribution in [-0.4, -0.2) is 8.76 Å². The van der Waals surface area contributed by atoms with Crippen molar-refractivity contribution in [3.63, 3.8) is 0 Å². The van der Waals surface area contributed by atoms with Crippen molar-refractivity contribution in [1.82, 2.24) is 0 Å². The average Bonchev–Trinajstić information content (AvgIpc) is 2.49.